The van der Waals surface area contributed by atoms with Gasteiger partial charge in [-0.25, -0.2) is 0 Å². The Morgan fingerprint density at radius 2 is 1.57 bits per heavy atom. The molecule has 1 heterocycles. The number of benzene rings is 3. The van der Waals surface area contributed by atoms with Crippen molar-refractivity contribution in [2.75, 3.05) is 38.2 Å². The quantitative estimate of drug-likeness (QED) is 0.392. The third-order valence-electron chi connectivity index (χ3n) is 6.63. The van der Waals surface area contributed by atoms with Crippen LogP contribution in [-0.2, 0) is 12.8 Å². The van der Waals surface area contributed by atoms with E-state index < -0.39 is 0 Å². The average Bonchev–Trinajstić information content (AvgIpc) is 2.92. The minimum atomic E-state index is 0.0132. The number of piperazine rings is 1. The van der Waals surface area contributed by atoms with Gasteiger partial charge in [0.25, 0.3) is 5.91 Å². The minimum absolute atomic E-state index is 0.0132. The second-order valence-corrected chi connectivity index (χ2v) is 9.05. The van der Waals surface area contributed by atoms with Gasteiger partial charge in [0, 0.05) is 43.7 Å². The summed E-state index contributed by atoms with van der Waals surface area (Å²) < 4.78 is 5.49. The highest BCUT2D eigenvalue weighted by Gasteiger charge is 2.24. The Morgan fingerprint density at radius 1 is 0.829 bits per heavy atom. The van der Waals surface area contributed by atoms with E-state index in [1.807, 2.05) is 71.6 Å². The Bertz CT molecular complexity index is 1150. The van der Waals surface area contributed by atoms with Crippen LogP contribution in [0.15, 0.2) is 72.8 Å². The molecule has 0 aromatic heterocycles. The summed E-state index contributed by atoms with van der Waals surface area (Å²) in [5.74, 6) is 0.932. The standard InChI is InChI=1S/C30H34N2O3/c1-3-4-8-23-13-15-25(16-14-23)28(33)22-24-9-7-10-26(21-24)30(34)32-19-17-31(18-20-32)27-11-5-6-12-29(27)35-2/h5-7,9-16,21H,3-4,8,17-20,22H2,1-2H3. The fourth-order valence-electron chi connectivity index (χ4n) is 4.56. The van der Waals surface area contributed by atoms with Crippen LogP contribution in [-0.4, -0.2) is 49.9 Å². The molecule has 0 N–H and O–H groups in total. The third kappa shape index (κ3) is 6.10. The summed E-state index contributed by atoms with van der Waals surface area (Å²) in [7, 11) is 1.68. The van der Waals surface area contributed by atoms with Crippen LogP contribution in [0.3, 0.4) is 0 Å². The van der Waals surface area contributed by atoms with E-state index in [-0.39, 0.29) is 18.1 Å². The van der Waals surface area contributed by atoms with Gasteiger partial charge < -0.3 is 14.5 Å². The molecule has 1 aliphatic rings. The molecule has 0 atom stereocenters. The maximum atomic E-state index is 13.2. The zero-order chi connectivity index (χ0) is 24.6. The molecular formula is C30H34N2O3. The minimum Gasteiger partial charge on any atom is -0.495 e. The third-order valence-corrected chi connectivity index (χ3v) is 6.63. The van der Waals surface area contributed by atoms with E-state index in [9.17, 15) is 9.59 Å². The first kappa shape index (κ1) is 24.5. The second-order valence-electron chi connectivity index (χ2n) is 9.05. The Morgan fingerprint density at radius 3 is 2.29 bits per heavy atom. The fraction of sp³-hybridized carbons (Fsp3) is 0.333. The molecule has 0 aliphatic carbocycles. The summed E-state index contributed by atoms with van der Waals surface area (Å²) in [6.45, 7) is 4.96. The van der Waals surface area contributed by atoms with E-state index in [2.05, 4.69) is 17.9 Å². The van der Waals surface area contributed by atoms with Gasteiger partial charge in [0.15, 0.2) is 5.78 Å². The lowest BCUT2D eigenvalue weighted by molar-refractivity contribution is 0.0746. The molecule has 1 fully saturated rings. The molecular weight excluding hydrogens is 436 g/mol. The first-order valence-electron chi connectivity index (χ1n) is 12.5. The summed E-state index contributed by atoms with van der Waals surface area (Å²) in [6, 6.07) is 23.4. The van der Waals surface area contributed by atoms with Crippen LogP contribution in [0, 0.1) is 0 Å². The van der Waals surface area contributed by atoms with E-state index >= 15 is 0 Å². The van der Waals surface area contributed by atoms with Crippen molar-refractivity contribution in [3.05, 3.63) is 95.1 Å². The highest BCUT2D eigenvalue weighted by Crippen LogP contribution is 2.28. The number of hydrogen-bond donors (Lipinski definition) is 0. The maximum absolute atomic E-state index is 13.2. The van der Waals surface area contributed by atoms with E-state index in [1.54, 1.807) is 7.11 Å². The zero-order valence-corrected chi connectivity index (χ0v) is 20.7. The van der Waals surface area contributed by atoms with Gasteiger partial charge in [0.1, 0.15) is 5.75 Å². The number of aryl methyl sites for hydroxylation is 1. The Labute approximate surface area is 208 Å². The summed E-state index contributed by atoms with van der Waals surface area (Å²) >= 11 is 0. The van der Waals surface area contributed by atoms with Gasteiger partial charge in [-0.2, -0.15) is 0 Å². The van der Waals surface area contributed by atoms with Crippen molar-refractivity contribution < 1.29 is 14.3 Å². The lowest BCUT2D eigenvalue weighted by Crippen LogP contribution is -2.48. The number of amides is 1. The summed E-state index contributed by atoms with van der Waals surface area (Å²) in [5.41, 5.74) is 4.54. The largest absolute Gasteiger partial charge is 0.495 e. The Hall–Kier alpha value is -3.60. The summed E-state index contributed by atoms with van der Waals surface area (Å²) in [4.78, 5) is 30.2. The number of carbonyl (C=O) groups is 2. The van der Waals surface area contributed by atoms with Crippen LogP contribution in [0.2, 0.25) is 0 Å². The first-order valence-corrected chi connectivity index (χ1v) is 12.5. The van der Waals surface area contributed by atoms with Crippen molar-refractivity contribution >= 4 is 17.4 Å². The predicted octanol–water partition coefficient (Wildman–Crippen LogP) is 5.43. The van der Waals surface area contributed by atoms with Gasteiger partial charge in [-0.15, -0.1) is 0 Å². The van der Waals surface area contributed by atoms with Crippen LogP contribution >= 0.6 is 0 Å². The molecule has 4 rings (SSSR count). The smallest absolute Gasteiger partial charge is 0.253 e. The van der Waals surface area contributed by atoms with Gasteiger partial charge in [-0.1, -0.05) is 61.9 Å². The number of methoxy groups -OCH3 is 1. The molecule has 35 heavy (non-hydrogen) atoms. The summed E-state index contributed by atoms with van der Waals surface area (Å²) in [5, 5.41) is 0. The zero-order valence-electron chi connectivity index (χ0n) is 20.7. The number of anilines is 1. The first-order chi connectivity index (χ1) is 17.1. The van der Waals surface area contributed by atoms with Gasteiger partial charge in [0.05, 0.1) is 12.8 Å². The normalized spacial score (nSPS) is 13.5. The number of unbranched alkanes of at least 4 members (excludes halogenated alkanes) is 1. The Kier molecular flexibility index (Phi) is 8.19. The molecule has 5 nitrogen and oxygen atoms in total. The van der Waals surface area contributed by atoms with Gasteiger partial charge in [-0.3, -0.25) is 9.59 Å². The SMILES string of the molecule is CCCCc1ccc(C(=O)Cc2cccc(C(=O)N3CCN(c4ccccc4OC)CC3)c2)cc1. The van der Waals surface area contributed by atoms with Gasteiger partial charge in [0.2, 0.25) is 0 Å². The number of hydrogen-bond acceptors (Lipinski definition) is 4. The lowest BCUT2D eigenvalue weighted by Gasteiger charge is -2.36. The summed E-state index contributed by atoms with van der Waals surface area (Å²) in [6.07, 6.45) is 3.65. The number of nitrogens with zero attached hydrogens (tertiary/aromatic N) is 2. The molecule has 1 saturated heterocycles. The number of ketones is 1. The van der Waals surface area contributed by atoms with E-state index in [4.69, 9.17) is 4.74 Å². The topological polar surface area (TPSA) is 49.9 Å². The average molecular weight is 471 g/mol. The monoisotopic (exact) mass is 470 g/mol. The van der Waals surface area contributed by atoms with Crippen molar-refractivity contribution in [2.24, 2.45) is 0 Å². The lowest BCUT2D eigenvalue weighted by atomic mass is 9.99. The maximum Gasteiger partial charge on any atom is 0.253 e. The highest BCUT2D eigenvalue weighted by molar-refractivity contribution is 5.98. The molecule has 1 aliphatic heterocycles. The second kappa shape index (κ2) is 11.7. The number of ether oxygens (including phenoxy) is 1. The van der Waals surface area contributed by atoms with Gasteiger partial charge >= 0.3 is 0 Å². The van der Waals surface area contributed by atoms with Crippen LogP contribution in [0.25, 0.3) is 0 Å². The molecule has 0 radical (unpaired) electrons. The molecule has 0 spiro atoms. The van der Waals surface area contributed by atoms with Crippen molar-refractivity contribution in [1.29, 1.82) is 0 Å². The van der Waals surface area contributed by atoms with E-state index in [1.165, 1.54) is 5.56 Å². The molecule has 0 unspecified atom stereocenters. The molecule has 5 heteroatoms. The number of Topliss-reactive ketones (excluding diaryl/α,β-unsaturated/α-hetero) is 1. The van der Waals surface area contributed by atoms with Crippen LogP contribution in [0.1, 0.15) is 51.6 Å². The van der Waals surface area contributed by atoms with Crippen molar-refractivity contribution in [3.63, 3.8) is 0 Å². The van der Waals surface area contributed by atoms with E-state index in [0.717, 1.165) is 54.9 Å². The molecule has 3 aromatic carbocycles. The van der Waals surface area contributed by atoms with Crippen LogP contribution in [0.4, 0.5) is 5.69 Å². The van der Waals surface area contributed by atoms with Crippen molar-refractivity contribution in [3.8, 4) is 5.75 Å². The molecule has 0 saturated carbocycles. The molecule has 3 aromatic rings. The number of carbonyl (C=O) groups excluding carboxylic acids is 2. The van der Waals surface area contributed by atoms with Crippen molar-refractivity contribution in [2.45, 2.75) is 32.6 Å². The highest BCUT2D eigenvalue weighted by atomic mass is 16.5. The molecule has 0 bridgehead atoms. The number of para-hydroxylation sites is 2. The fourth-order valence-corrected chi connectivity index (χ4v) is 4.56. The van der Waals surface area contributed by atoms with Gasteiger partial charge in [-0.05, 0) is 48.2 Å². The molecule has 182 valence electrons. The predicted molar refractivity (Wildman–Crippen MR) is 141 cm³/mol. The Balaban J connectivity index is 1.36. The number of rotatable bonds is 9. The van der Waals surface area contributed by atoms with E-state index in [0.29, 0.717) is 18.7 Å². The van der Waals surface area contributed by atoms with Crippen molar-refractivity contribution in [1.82, 2.24) is 4.90 Å². The van der Waals surface area contributed by atoms with Crippen LogP contribution < -0.4 is 9.64 Å². The molecule has 1 amide bonds. The van der Waals surface area contributed by atoms with Crippen LogP contribution in [0.5, 0.6) is 5.75 Å².